The van der Waals surface area contributed by atoms with E-state index >= 15 is 0 Å². The second-order valence-corrected chi connectivity index (χ2v) is 2.18. The lowest BCUT2D eigenvalue weighted by Gasteiger charge is -1.92. The zero-order valence-corrected chi connectivity index (χ0v) is 6.05. The Morgan fingerprint density at radius 2 is 2.11 bits per heavy atom. The van der Waals surface area contributed by atoms with Crippen LogP contribution in [0.1, 0.15) is 20.8 Å². The second kappa shape index (κ2) is 4.13. The van der Waals surface area contributed by atoms with Crippen molar-refractivity contribution in [2.45, 2.75) is 20.8 Å². The molecule has 0 amide bonds. The highest BCUT2D eigenvalue weighted by Crippen LogP contribution is 1.93. The maximum atomic E-state index is 10.2. The SMILES string of the molecule is CC(=O)O/C=C/C(C)C. The molecule has 2 heteroatoms. The van der Waals surface area contributed by atoms with Crippen molar-refractivity contribution < 1.29 is 9.53 Å². The fraction of sp³-hybridized carbons (Fsp3) is 0.571. The van der Waals surface area contributed by atoms with Crippen molar-refractivity contribution in [2.75, 3.05) is 0 Å². The molecule has 2 nitrogen and oxygen atoms in total. The molecule has 0 atom stereocenters. The smallest absolute Gasteiger partial charge is 0.307 e. The van der Waals surface area contributed by atoms with Crippen LogP contribution in [-0.2, 0) is 9.53 Å². The molecule has 0 fully saturated rings. The van der Waals surface area contributed by atoms with Gasteiger partial charge >= 0.3 is 5.97 Å². The summed E-state index contributed by atoms with van der Waals surface area (Å²) in [5, 5.41) is 0. The van der Waals surface area contributed by atoms with Crippen molar-refractivity contribution in [3.63, 3.8) is 0 Å². The summed E-state index contributed by atoms with van der Waals surface area (Å²) < 4.78 is 4.53. The van der Waals surface area contributed by atoms with Crippen molar-refractivity contribution in [1.82, 2.24) is 0 Å². The summed E-state index contributed by atoms with van der Waals surface area (Å²) in [4.78, 5) is 10.2. The van der Waals surface area contributed by atoms with Crippen LogP contribution in [0.2, 0.25) is 0 Å². The van der Waals surface area contributed by atoms with Gasteiger partial charge in [0.15, 0.2) is 0 Å². The van der Waals surface area contributed by atoms with E-state index in [9.17, 15) is 4.79 Å². The van der Waals surface area contributed by atoms with Gasteiger partial charge < -0.3 is 4.74 Å². The molecule has 0 aromatic heterocycles. The monoisotopic (exact) mass is 128 g/mol. The fourth-order valence-electron chi connectivity index (χ4n) is 0.292. The van der Waals surface area contributed by atoms with E-state index in [2.05, 4.69) is 4.74 Å². The van der Waals surface area contributed by atoms with Gasteiger partial charge in [-0.3, -0.25) is 4.79 Å². The van der Waals surface area contributed by atoms with Crippen LogP contribution >= 0.6 is 0 Å². The molecule has 0 aromatic rings. The molecule has 0 heterocycles. The molecule has 0 aliphatic rings. The minimum atomic E-state index is -0.271. The first-order valence-electron chi connectivity index (χ1n) is 2.97. The summed E-state index contributed by atoms with van der Waals surface area (Å²) in [6, 6.07) is 0. The van der Waals surface area contributed by atoms with Crippen LogP contribution in [0.15, 0.2) is 12.3 Å². The van der Waals surface area contributed by atoms with Gasteiger partial charge in [0.05, 0.1) is 6.26 Å². The Bertz CT molecular complexity index is 114. The third kappa shape index (κ3) is 7.21. The van der Waals surface area contributed by atoms with Gasteiger partial charge in [0.1, 0.15) is 0 Å². The molecule has 0 rings (SSSR count). The van der Waals surface area contributed by atoms with Gasteiger partial charge in [0.25, 0.3) is 0 Å². The lowest BCUT2D eigenvalue weighted by atomic mass is 10.2. The summed E-state index contributed by atoms with van der Waals surface area (Å²) in [6.07, 6.45) is 3.24. The van der Waals surface area contributed by atoms with Crippen molar-refractivity contribution in [3.8, 4) is 0 Å². The van der Waals surface area contributed by atoms with Crippen LogP contribution in [-0.4, -0.2) is 5.97 Å². The van der Waals surface area contributed by atoms with Crippen molar-refractivity contribution >= 4 is 5.97 Å². The lowest BCUT2D eigenvalue weighted by Crippen LogP contribution is -1.90. The number of carbonyl (C=O) groups excluding carboxylic acids is 1. The zero-order valence-electron chi connectivity index (χ0n) is 6.05. The summed E-state index contributed by atoms with van der Waals surface area (Å²) in [5.41, 5.74) is 0. The average Bonchev–Trinajstić information content (AvgIpc) is 1.63. The molecule has 0 N–H and O–H groups in total. The molecule has 0 aliphatic heterocycles. The maximum Gasteiger partial charge on any atom is 0.307 e. The van der Waals surface area contributed by atoms with Crippen LogP contribution in [0.4, 0.5) is 0 Å². The van der Waals surface area contributed by atoms with E-state index in [-0.39, 0.29) is 5.97 Å². The van der Waals surface area contributed by atoms with E-state index in [0.29, 0.717) is 5.92 Å². The number of ether oxygens (including phenoxy) is 1. The highest BCUT2D eigenvalue weighted by molar-refractivity contribution is 5.66. The molecule has 0 aromatic carbocycles. The summed E-state index contributed by atoms with van der Waals surface area (Å²) in [5.74, 6) is 0.163. The number of carbonyl (C=O) groups is 1. The third-order valence-electron chi connectivity index (χ3n) is 0.697. The van der Waals surface area contributed by atoms with E-state index in [4.69, 9.17) is 0 Å². The van der Waals surface area contributed by atoms with Crippen molar-refractivity contribution in [1.29, 1.82) is 0 Å². The quantitative estimate of drug-likeness (QED) is 0.418. The topological polar surface area (TPSA) is 26.3 Å². The van der Waals surface area contributed by atoms with Gasteiger partial charge in [0.2, 0.25) is 0 Å². The highest BCUT2D eigenvalue weighted by atomic mass is 16.5. The average molecular weight is 128 g/mol. The van der Waals surface area contributed by atoms with Crippen LogP contribution in [0.3, 0.4) is 0 Å². The zero-order chi connectivity index (χ0) is 7.28. The minimum absolute atomic E-state index is 0.271. The maximum absolute atomic E-state index is 10.2. The number of hydrogen-bond acceptors (Lipinski definition) is 2. The summed E-state index contributed by atoms with van der Waals surface area (Å²) in [6.45, 7) is 5.41. The number of esters is 1. The number of allylic oxidation sites excluding steroid dienone is 1. The predicted molar refractivity (Wildman–Crippen MR) is 35.7 cm³/mol. The molecule has 0 saturated heterocycles. The lowest BCUT2D eigenvalue weighted by molar-refractivity contribution is -0.135. The fourth-order valence-corrected chi connectivity index (χ4v) is 0.292. The largest absolute Gasteiger partial charge is 0.435 e. The third-order valence-corrected chi connectivity index (χ3v) is 0.697. The molecular weight excluding hydrogens is 116 g/mol. The first-order chi connectivity index (χ1) is 4.13. The standard InChI is InChI=1S/C7H12O2/c1-6(2)4-5-9-7(3)8/h4-6H,1-3H3/b5-4+. The highest BCUT2D eigenvalue weighted by Gasteiger charge is 1.86. The van der Waals surface area contributed by atoms with Crippen LogP contribution < -0.4 is 0 Å². The van der Waals surface area contributed by atoms with Gasteiger partial charge in [0, 0.05) is 6.92 Å². The molecule has 0 aliphatic carbocycles. The Morgan fingerprint density at radius 1 is 1.56 bits per heavy atom. The molecule has 0 bridgehead atoms. The minimum Gasteiger partial charge on any atom is -0.435 e. The first-order valence-corrected chi connectivity index (χ1v) is 2.97. The number of rotatable bonds is 2. The number of hydrogen-bond donors (Lipinski definition) is 0. The van der Waals surface area contributed by atoms with Gasteiger partial charge in [-0.25, -0.2) is 0 Å². The van der Waals surface area contributed by atoms with E-state index in [1.165, 1.54) is 13.2 Å². The predicted octanol–water partition coefficient (Wildman–Crippen LogP) is 1.72. The molecule has 0 unspecified atom stereocenters. The normalized spacial score (nSPS) is 10.7. The second-order valence-electron chi connectivity index (χ2n) is 2.18. The van der Waals surface area contributed by atoms with Gasteiger partial charge in [-0.1, -0.05) is 13.8 Å². The first kappa shape index (κ1) is 8.21. The Hall–Kier alpha value is -0.790. The van der Waals surface area contributed by atoms with E-state index in [0.717, 1.165) is 0 Å². The Morgan fingerprint density at radius 3 is 2.44 bits per heavy atom. The van der Waals surface area contributed by atoms with Gasteiger partial charge in [-0.05, 0) is 12.0 Å². The van der Waals surface area contributed by atoms with Crippen LogP contribution in [0.5, 0.6) is 0 Å². The van der Waals surface area contributed by atoms with E-state index in [1.807, 2.05) is 19.9 Å². The molecular formula is C7H12O2. The summed E-state index contributed by atoms with van der Waals surface area (Å²) >= 11 is 0. The van der Waals surface area contributed by atoms with Crippen molar-refractivity contribution in [2.24, 2.45) is 5.92 Å². The molecule has 52 valence electrons. The Kier molecular flexibility index (Phi) is 3.76. The molecule has 0 radical (unpaired) electrons. The molecule has 9 heavy (non-hydrogen) atoms. The van der Waals surface area contributed by atoms with Gasteiger partial charge in [-0.2, -0.15) is 0 Å². The summed E-state index contributed by atoms with van der Waals surface area (Å²) in [7, 11) is 0. The molecule has 0 saturated carbocycles. The Balaban J connectivity index is 3.36. The van der Waals surface area contributed by atoms with Crippen LogP contribution in [0.25, 0.3) is 0 Å². The van der Waals surface area contributed by atoms with Gasteiger partial charge in [-0.15, -0.1) is 0 Å². The van der Waals surface area contributed by atoms with E-state index in [1.54, 1.807) is 0 Å². The Labute approximate surface area is 55.5 Å². The van der Waals surface area contributed by atoms with Crippen molar-refractivity contribution in [3.05, 3.63) is 12.3 Å². The van der Waals surface area contributed by atoms with E-state index < -0.39 is 0 Å². The van der Waals surface area contributed by atoms with Crippen LogP contribution in [0, 0.1) is 5.92 Å². The molecule has 0 spiro atoms.